The summed E-state index contributed by atoms with van der Waals surface area (Å²) in [7, 11) is 0. The Morgan fingerprint density at radius 3 is 1.50 bits per heavy atom. The van der Waals surface area contributed by atoms with Crippen LogP contribution in [0.1, 0.15) is 98.8 Å². The lowest BCUT2D eigenvalue weighted by Crippen LogP contribution is -2.39. The van der Waals surface area contributed by atoms with Crippen molar-refractivity contribution in [1.82, 2.24) is 4.90 Å². The van der Waals surface area contributed by atoms with Gasteiger partial charge in [0.1, 0.15) is 5.60 Å². The fourth-order valence-electron chi connectivity index (χ4n) is 2.65. The predicted octanol–water partition coefficient (Wildman–Crippen LogP) is 5.25. The van der Waals surface area contributed by atoms with Gasteiger partial charge in [0.2, 0.25) is 0 Å². The number of unbranched alkanes of at least 4 members (excludes halogenated alkanes) is 6. The summed E-state index contributed by atoms with van der Waals surface area (Å²) in [6, 6.07) is 0. The van der Waals surface area contributed by atoms with Crippen LogP contribution in [0, 0.1) is 0 Å². The molecule has 7 heteroatoms. The van der Waals surface area contributed by atoms with Crippen molar-refractivity contribution < 1.29 is 28.6 Å². The lowest BCUT2D eigenvalue weighted by atomic mass is 10.2. The maximum Gasteiger partial charge on any atom is 0.410 e. The average Bonchev–Trinajstić information content (AvgIpc) is 2.66. The third-order valence-corrected chi connectivity index (χ3v) is 4.35. The Kier molecular flexibility index (Phi) is 15.9. The van der Waals surface area contributed by atoms with Crippen molar-refractivity contribution in [2.45, 2.75) is 104 Å². The maximum atomic E-state index is 12.4. The summed E-state index contributed by atoms with van der Waals surface area (Å²) in [5, 5.41) is 0. The van der Waals surface area contributed by atoms with E-state index in [2.05, 4.69) is 13.8 Å². The monoisotopic (exact) mass is 429 g/mol. The smallest absolute Gasteiger partial charge is 0.410 e. The molecule has 0 rings (SSSR count). The molecule has 176 valence electrons. The molecule has 1 amide bonds. The summed E-state index contributed by atoms with van der Waals surface area (Å²) >= 11 is 0. The minimum Gasteiger partial charge on any atom is -0.466 e. The second-order valence-electron chi connectivity index (χ2n) is 8.53. The number of hydrogen-bond acceptors (Lipinski definition) is 6. The maximum absolute atomic E-state index is 12.4. The first-order valence-corrected chi connectivity index (χ1v) is 11.5. The van der Waals surface area contributed by atoms with Crippen LogP contribution in [0.3, 0.4) is 0 Å². The lowest BCUT2D eigenvalue weighted by Gasteiger charge is -2.27. The van der Waals surface area contributed by atoms with Crippen LogP contribution in [0.25, 0.3) is 0 Å². The first-order valence-electron chi connectivity index (χ1n) is 11.5. The third-order valence-electron chi connectivity index (χ3n) is 4.35. The second-order valence-corrected chi connectivity index (χ2v) is 8.53. The number of carbonyl (C=O) groups excluding carboxylic acids is 3. The van der Waals surface area contributed by atoms with Gasteiger partial charge in [0.15, 0.2) is 0 Å². The van der Waals surface area contributed by atoms with Gasteiger partial charge in [-0.3, -0.25) is 9.59 Å². The van der Waals surface area contributed by atoms with Crippen LogP contribution in [0.4, 0.5) is 4.79 Å². The molecule has 0 aliphatic heterocycles. The summed E-state index contributed by atoms with van der Waals surface area (Å²) in [6.45, 7) is 10.7. The molecule has 7 nitrogen and oxygen atoms in total. The van der Waals surface area contributed by atoms with Crippen molar-refractivity contribution in [3.8, 4) is 0 Å². The quantitative estimate of drug-likeness (QED) is 0.189. The van der Waals surface area contributed by atoms with Crippen LogP contribution in [-0.2, 0) is 23.8 Å². The Hall–Kier alpha value is -1.79. The molecule has 0 aromatic carbocycles. The number of esters is 2. The fraction of sp³-hybridized carbons (Fsp3) is 0.870. The van der Waals surface area contributed by atoms with E-state index in [9.17, 15) is 14.4 Å². The van der Waals surface area contributed by atoms with E-state index in [0.717, 1.165) is 51.4 Å². The molecule has 0 radical (unpaired) electrons. The first-order chi connectivity index (χ1) is 14.2. The topological polar surface area (TPSA) is 82.1 Å². The number of hydrogen-bond donors (Lipinski definition) is 0. The van der Waals surface area contributed by atoms with Crippen LogP contribution in [0.5, 0.6) is 0 Å². The summed E-state index contributed by atoms with van der Waals surface area (Å²) in [5.41, 5.74) is -0.658. The van der Waals surface area contributed by atoms with Gasteiger partial charge in [-0.25, -0.2) is 4.79 Å². The molecule has 0 atom stereocenters. The minimum atomic E-state index is -0.658. The number of ether oxygens (including phenoxy) is 3. The predicted molar refractivity (Wildman–Crippen MR) is 117 cm³/mol. The van der Waals surface area contributed by atoms with Crippen molar-refractivity contribution in [1.29, 1.82) is 0 Å². The number of rotatable bonds is 16. The highest BCUT2D eigenvalue weighted by Crippen LogP contribution is 2.11. The van der Waals surface area contributed by atoms with Crippen LogP contribution >= 0.6 is 0 Å². The van der Waals surface area contributed by atoms with Crippen molar-refractivity contribution in [3.63, 3.8) is 0 Å². The molecule has 0 saturated carbocycles. The molecule has 0 fully saturated rings. The molecule has 0 heterocycles. The summed E-state index contributed by atoms with van der Waals surface area (Å²) < 4.78 is 15.8. The molecule has 0 N–H and O–H groups in total. The van der Waals surface area contributed by atoms with E-state index in [-0.39, 0.29) is 37.9 Å². The van der Waals surface area contributed by atoms with Gasteiger partial charge in [-0.15, -0.1) is 0 Å². The van der Waals surface area contributed by atoms with E-state index in [1.165, 1.54) is 4.90 Å². The van der Waals surface area contributed by atoms with Crippen molar-refractivity contribution in [2.75, 3.05) is 26.3 Å². The van der Waals surface area contributed by atoms with Gasteiger partial charge < -0.3 is 19.1 Å². The zero-order valence-corrected chi connectivity index (χ0v) is 19.8. The van der Waals surface area contributed by atoms with E-state index < -0.39 is 11.7 Å². The Morgan fingerprint density at radius 1 is 0.700 bits per heavy atom. The molecular weight excluding hydrogens is 386 g/mol. The average molecular weight is 430 g/mol. The van der Waals surface area contributed by atoms with Crippen LogP contribution in [0.2, 0.25) is 0 Å². The molecule has 0 spiro atoms. The fourth-order valence-corrected chi connectivity index (χ4v) is 2.65. The van der Waals surface area contributed by atoms with Crippen molar-refractivity contribution >= 4 is 18.0 Å². The molecule has 0 saturated heterocycles. The van der Waals surface area contributed by atoms with Crippen molar-refractivity contribution in [2.24, 2.45) is 0 Å². The highest BCUT2D eigenvalue weighted by atomic mass is 16.6. The highest BCUT2D eigenvalue weighted by Gasteiger charge is 2.23. The molecule has 30 heavy (non-hydrogen) atoms. The molecule has 0 unspecified atom stereocenters. The lowest BCUT2D eigenvalue weighted by molar-refractivity contribution is -0.144. The zero-order valence-electron chi connectivity index (χ0n) is 19.8. The van der Waals surface area contributed by atoms with Crippen molar-refractivity contribution in [3.05, 3.63) is 0 Å². The Balaban J connectivity index is 4.42. The molecule has 0 bridgehead atoms. The molecular formula is C23H43NO6. The van der Waals surface area contributed by atoms with Gasteiger partial charge in [-0.2, -0.15) is 0 Å². The summed E-state index contributed by atoms with van der Waals surface area (Å²) in [6.07, 6.45) is 7.85. The van der Waals surface area contributed by atoms with E-state index in [1.54, 1.807) is 20.8 Å². The standard InChI is InChI=1S/C23H43NO6/c1-6-8-10-12-18-28-20(25)14-16-24(22(27)30-23(3,4)5)17-15-21(26)29-19-13-11-9-7-2/h6-19H2,1-5H3. The molecule has 0 aliphatic carbocycles. The Labute approximate surface area is 182 Å². The van der Waals surface area contributed by atoms with Gasteiger partial charge in [-0.1, -0.05) is 52.4 Å². The first kappa shape index (κ1) is 28.2. The normalized spacial score (nSPS) is 11.1. The van der Waals surface area contributed by atoms with Gasteiger partial charge in [-0.05, 0) is 33.6 Å². The SMILES string of the molecule is CCCCCCOC(=O)CCN(CCC(=O)OCCCCCC)C(=O)OC(C)(C)C. The van der Waals surface area contributed by atoms with Gasteiger partial charge >= 0.3 is 18.0 Å². The third kappa shape index (κ3) is 17.1. The van der Waals surface area contributed by atoms with E-state index in [1.807, 2.05) is 0 Å². The number of amides is 1. The second kappa shape index (κ2) is 16.9. The van der Waals surface area contributed by atoms with Gasteiger partial charge in [0.25, 0.3) is 0 Å². The Bertz CT molecular complexity index is 457. The molecule has 0 aromatic heterocycles. The number of carbonyl (C=O) groups is 3. The summed E-state index contributed by atoms with van der Waals surface area (Å²) in [4.78, 5) is 37.7. The van der Waals surface area contributed by atoms with Crippen LogP contribution in [0.15, 0.2) is 0 Å². The summed E-state index contributed by atoms with van der Waals surface area (Å²) in [5.74, 6) is -0.697. The minimum absolute atomic E-state index is 0.0685. The highest BCUT2D eigenvalue weighted by molar-refractivity contribution is 5.73. The van der Waals surface area contributed by atoms with E-state index >= 15 is 0 Å². The Morgan fingerprint density at radius 2 is 1.13 bits per heavy atom. The van der Waals surface area contributed by atoms with Gasteiger partial charge in [0.05, 0.1) is 26.1 Å². The van der Waals surface area contributed by atoms with Gasteiger partial charge in [0, 0.05) is 13.1 Å². The largest absolute Gasteiger partial charge is 0.466 e. The van der Waals surface area contributed by atoms with Crippen LogP contribution < -0.4 is 0 Å². The number of nitrogens with zero attached hydrogens (tertiary/aromatic N) is 1. The zero-order chi connectivity index (χ0) is 22.8. The molecule has 0 aromatic rings. The van der Waals surface area contributed by atoms with E-state index in [0.29, 0.717) is 13.2 Å². The van der Waals surface area contributed by atoms with E-state index in [4.69, 9.17) is 14.2 Å². The molecule has 0 aliphatic rings. The van der Waals surface area contributed by atoms with Crippen LogP contribution in [-0.4, -0.2) is 54.8 Å².